The van der Waals surface area contributed by atoms with Gasteiger partial charge in [0.05, 0.1) is 28.0 Å². The Labute approximate surface area is 213 Å². The largest absolute Gasteiger partial charge is 0.393 e. The molecule has 2 atom stereocenters. The van der Waals surface area contributed by atoms with E-state index < -0.39 is 0 Å². The summed E-state index contributed by atoms with van der Waals surface area (Å²) in [7, 11) is 0. The maximum Gasteiger partial charge on any atom is 0.224 e. The van der Waals surface area contributed by atoms with Gasteiger partial charge in [0.2, 0.25) is 17.8 Å². The average molecular weight is 518 g/mol. The minimum atomic E-state index is -0.299. The Kier molecular flexibility index (Phi) is 7.00. The van der Waals surface area contributed by atoms with Crippen LogP contribution < -0.4 is 16.4 Å². The molecule has 2 aliphatic rings. The Morgan fingerprint density at radius 3 is 2.51 bits per heavy atom. The third-order valence-corrected chi connectivity index (χ3v) is 7.71. The van der Waals surface area contributed by atoms with Crippen molar-refractivity contribution in [2.24, 2.45) is 11.7 Å². The smallest absolute Gasteiger partial charge is 0.224 e. The number of para-hydroxylation sites is 1. The highest BCUT2D eigenvalue weighted by Crippen LogP contribution is 2.39. The Bertz CT molecular complexity index is 1210. The second-order valence-corrected chi connectivity index (χ2v) is 10.3. The second-order valence-electron chi connectivity index (χ2n) is 9.50. The number of anilines is 3. The summed E-state index contributed by atoms with van der Waals surface area (Å²) in [5.41, 5.74) is 7.46. The summed E-state index contributed by atoms with van der Waals surface area (Å²) >= 11 is 12.8. The predicted octanol–water partition coefficient (Wildman–Crippen LogP) is 4.81. The van der Waals surface area contributed by atoms with Gasteiger partial charge >= 0.3 is 0 Å². The van der Waals surface area contributed by atoms with Crippen LogP contribution in [-0.4, -0.2) is 42.7 Å². The summed E-state index contributed by atoms with van der Waals surface area (Å²) in [5, 5.41) is 17.7. The van der Waals surface area contributed by atoms with Gasteiger partial charge in [0.25, 0.3) is 0 Å². The van der Waals surface area contributed by atoms with Crippen LogP contribution >= 0.6 is 23.2 Å². The molecule has 0 radical (unpaired) electrons. The van der Waals surface area contributed by atoms with E-state index in [0.29, 0.717) is 58.1 Å². The van der Waals surface area contributed by atoms with Crippen LogP contribution in [0.5, 0.6) is 0 Å². The lowest BCUT2D eigenvalue weighted by atomic mass is 9.85. The topological polar surface area (TPSA) is 131 Å². The van der Waals surface area contributed by atoms with Crippen molar-refractivity contribution < 1.29 is 9.90 Å². The number of imidazole rings is 1. The van der Waals surface area contributed by atoms with Crippen LogP contribution in [0.2, 0.25) is 10.0 Å². The van der Waals surface area contributed by atoms with Crippen LogP contribution in [0.25, 0.3) is 11.2 Å². The molecule has 0 saturated heterocycles. The Morgan fingerprint density at radius 1 is 1.09 bits per heavy atom. The summed E-state index contributed by atoms with van der Waals surface area (Å²) in [5.74, 6) is 0.714. The Morgan fingerprint density at radius 2 is 1.83 bits per heavy atom. The van der Waals surface area contributed by atoms with Crippen LogP contribution in [0, 0.1) is 5.92 Å². The number of halogens is 2. The summed E-state index contributed by atoms with van der Waals surface area (Å²) in [6, 6.07) is 5.51. The van der Waals surface area contributed by atoms with E-state index in [0.717, 1.165) is 32.1 Å². The van der Waals surface area contributed by atoms with Crippen molar-refractivity contribution in [3.8, 4) is 0 Å². The molecule has 9 nitrogen and oxygen atoms in total. The van der Waals surface area contributed by atoms with E-state index in [2.05, 4.69) is 20.2 Å². The molecular weight excluding hydrogens is 489 g/mol. The number of nitrogens with zero attached hydrogens (tertiary/aromatic N) is 4. The zero-order valence-corrected chi connectivity index (χ0v) is 20.8. The Hall–Kier alpha value is -2.62. The van der Waals surface area contributed by atoms with Crippen molar-refractivity contribution in [1.29, 1.82) is 0 Å². The highest BCUT2D eigenvalue weighted by atomic mass is 35.5. The van der Waals surface area contributed by atoms with Gasteiger partial charge in [-0.25, -0.2) is 9.97 Å². The fraction of sp³-hybridized carbons (Fsp3) is 0.500. The van der Waals surface area contributed by atoms with Crippen molar-refractivity contribution >= 4 is 57.9 Å². The second kappa shape index (κ2) is 10.2. The van der Waals surface area contributed by atoms with E-state index in [9.17, 15) is 9.90 Å². The first-order chi connectivity index (χ1) is 16.9. The van der Waals surface area contributed by atoms with Gasteiger partial charge in [-0.05, 0) is 63.5 Å². The summed E-state index contributed by atoms with van der Waals surface area (Å²) < 4.78 is 2.06. The van der Waals surface area contributed by atoms with Crippen molar-refractivity contribution in [3.05, 3.63) is 34.4 Å². The monoisotopic (exact) mass is 517 g/mol. The molecule has 3 aromatic rings. The lowest BCUT2D eigenvalue weighted by Gasteiger charge is -2.29. The first-order valence-corrected chi connectivity index (χ1v) is 12.8. The minimum Gasteiger partial charge on any atom is -0.393 e. The van der Waals surface area contributed by atoms with Crippen molar-refractivity contribution in [2.75, 3.05) is 10.6 Å². The number of carbonyl (C=O) groups is 1. The lowest BCUT2D eigenvalue weighted by molar-refractivity contribution is -0.122. The van der Waals surface area contributed by atoms with Gasteiger partial charge < -0.3 is 21.5 Å². The van der Waals surface area contributed by atoms with E-state index in [1.807, 2.05) is 0 Å². The lowest BCUT2D eigenvalue weighted by Crippen LogP contribution is -2.30. The van der Waals surface area contributed by atoms with Crippen molar-refractivity contribution in [2.45, 2.75) is 69.6 Å². The number of hydrogen-bond donors (Lipinski definition) is 4. The van der Waals surface area contributed by atoms with Crippen LogP contribution in [0.15, 0.2) is 24.4 Å². The number of hydrogen-bond acceptors (Lipinski definition) is 7. The standard InChI is InChI=1S/C24H29Cl2N7O2/c25-17-5-2-6-18(26)20(17)31-24-30-19-12-28-23(29-14-3-1-4-16(34)11-14)32-22(19)33(24)15-9-7-13(8-10-15)21(27)35/h2,5-6,12-16,34H,1,3-4,7-11H2,(H2,27,35)(H,30,31)(H,28,29,32)/t13-,14-,15-,16+/m1/s1. The maximum absolute atomic E-state index is 11.7. The zero-order valence-electron chi connectivity index (χ0n) is 19.3. The number of nitrogens with one attached hydrogen (secondary N) is 2. The van der Waals surface area contributed by atoms with Crippen LogP contribution in [0.1, 0.15) is 57.4 Å². The number of aliphatic hydroxyl groups excluding tert-OH is 1. The molecule has 1 aromatic carbocycles. The van der Waals surface area contributed by atoms with E-state index in [4.69, 9.17) is 38.9 Å². The Balaban J connectivity index is 1.51. The van der Waals surface area contributed by atoms with E-state index in [-0.39, 0.29) is 30.0 Å². The number of fused-ring (bicyclic) bond motifs is 1. The molecule has 1 amide bonds. The molecule has 5 N–H and O–H groups in total. The SMILES string of the molecule is NC(=O)[C@H]1CC[C@H](n2c(Nc3c(Cl)cccc3Cl)nc3cnc(N[C@@H]4CCC[C@H](O)C4)nc32)CC1. The minimum absolute atomic E-state index is 0.0682. The van der Waals surface area contributed by atoms with Gasteiger partial charge in [0.15, 0.2) is 5.65 Å². The third-order valence-electron chi connectivity index (χ3n) is 7.08. The number of primary amides is 1. The number of amides is 1. The third kappa shape index (κ3) is 5.17. The fourth-order valence-electron chi connectivity index (χ4n) is 5.22. The molecule has 2 fully saturated rings. The molecule has 2 heterocycles. The number of rotatable bonds is 6. The fourth-order valence-corrected chi connectivity index (χ4v) is 5.71. The highest BCUT2D eigenvalue weighted by Gasteiger charge is 2.30. The quantitative estimate of drug-likeness (QED) is 0.368. The van der Waals surface area contributed by atoms with Gasteiger partial charge in [-0.3, -0.25) is 9.36 Å². The molecule has 2 aromatic heterocycles. The number of aliphatic hydroxyl groups is 1. The molecular formula is C24H29Cl2N7O2. The molecule has 0 bridgehead atoms. The average Bonchev–Trinajstić information content (AvgIpc) is 3.19. The van der Waals surface area contributed by atoms with Crippen LogP contribution in [0.4, 0.5) is 17.6 Å². The molecule has 0 aliphatic heterocycles. The summed E-state index contributed by atoms with van der Waals surface area (Å²) in [6.45, 7) is 0. The van der Waals surface area contributed by atoms with Gasteiger partial charge in [0.1, 0.15) is 5.52 Å². The summed E-state index contributed by atoms with van der Waals surface area (Å²) in [6.07, 6.45) is 7.80. The molecule has 186 valence electrons. The molecule has 5 rings (SSSR count). The van der Waals surface area contributed by atoms with Gasteiger partial charge in [0, 0.05) is 18.0 Å². The molecule has 35 heavy (non-hydrogen) atoms. The van der Waals surface area contributed by atoms with Crippen molar-refractivity contribution in [1.82, 2.24) is 19.5 Å². The number of carbonyl (C=O) groups excluding carboxylic acids is 1. The summed E-state index contributed by atoms with van der Waals surface area (Å²) in [4.78, 5) is 25.8. The normalized spacial score (nSPS) is 24.9. The van der Waals surface area contributed by atoms with Crippen LogP contribution in [0.3, 0.4) is 0 Å². The predicted molar refractivity (Wildman–Crippen MR) is 137 cm³/mol. The highest BCUT2D eigenvalue weighted by molar-refractivity contribution is 6.39. The first-order valence-electron chi connectivity index (χ1n) is 12.1. The maximum atomic E-state index is 11.7. The van der Waals surface area contributed by atoms with E-state index in [1.54, 1.807) is 24.4 Å². The molecule has 0 spiro atoms. The van der Waals surface area contributed by atoms with Gasteiger partial charge in [-0.1, -0.05) is 29.3 Å². The molecule has 11 heteroatoms. The van der Waals surface area contributed by atoms with Crippen molar-refractivity contribution in [3.63, 3.8) is 0 Å². The first kappa shape index (κ1) is 24.1. The van der Waals surface area contributed by atoms with E-state index in [1.165, 1.54) is 0 Å². The van der Waals surface area contributed by atoms with Crippen LogP contribution in [-0.2, 0) is 4.79 Å². The van der Waals surface area contributed by atoms with Gasteiger partial charge in [-0.15, -0.1) is 0 Å². The van der Waals surface area contributed by atoms with Gasteiger partial charge in [-0.2, -0.15) is 4.98 Å². The van der Waals surface area contributed by atoms with E-state index >= 15 is 0 Å². The number of aromatic nitrogens is 4. The molecule has 2 aliphatic carbocycles. The zero-order chi connectivity index (χ0) is 24.5. The molecule has 2 saturated carbocycles. The number of nitrogens with two attached hydrogens (primary N) is 1. The number of benzene rings is 1. The molecule has 0 unspecified atom stereocenters.